The lowest BCUT2D eigenvalue weighted by Crippen LogP contribution is -2.49. The summed E-state index contributed by atoms with van der Waals surface area (Å²) in [5.41, 5.74) is 0.0299. The van der Waals surface area contributed by atoms with Crippen LogP contribution in [0.5, 0.6) is 0 Å². The zero-order valence-corrected chi connectivity index (χ0v) is 12.7. The summed E-state index contributed by atoms with van der Waals surface area (Å²) < 4.78 is 0. The SMILES string of the molecule is C[C@@]12CC[C@H]3[C@@H]4CC[C@H](O)C[C@H]4CC[C@@H]3[C@H]1CCC2=O. The van der Waals surface area contributed by atoms with E-state index in [9.17, 15) is 9.90 Å². The van der Waals surface area contributed by atoms with E-state index in [0.717, 1.165) is 55.8 Å². The molecule has 0 aromatic rings. The summed E-state index contributed by atoms with van der Waals surface area (Å²) in [6.07, 6.45) is 10.3. The Kier molecular flexibility index (Phi) is 3.03. The molecule has 0 unspecified atom stereocenters. The van der Waals surface area contributed by atoms with Crippen LogP contribution in [0, 0.1) is 35.0 Å². The van der Waals surface area contributed by atoms with Gasteiger partial charge in [0.25, 0.3) is 0 Å². The summed E-state index contributed by atoms with van der Waals surface area (Å²) in [4.78, 5) is 12.3. The highest BCUT2D eigenvalue weighted by Gasteiger charge is 2.56. The Balaban J connectivity index is 1.58. The van der Waals surface area contributed by atoms with Crippen molar-refractivity contribution in [3.8, 4) is 0 Å². The number of hydrogen-bond donors (Lipinski definition) is 1. The van der Waals surface area contributed by atoms with E-state index in [4.69, 9.17) is 0 Å². The van der Waals surface area contributed by atoms with Gasteiger partial charge in [-0.1, -0.05) is 6.92 Å². The minimum Gasteiger partial charge on any atom is -0.393 e. The molecule has 0 radical (unpaired) electrons. The molecule has 4 fully saturated rings. The molecule has 4 aliphatic rings. The molecule has 0 bridgehead atoms. The highest BCUT2D eigenvalue weighted by atomic mass is 16.3. The maximum absolute atomic E-state index is 12.3. The Labute approximate surface area is 122 Å². The zero-order chi connectivity index (χ0) is 13.9. The lowest BCUT2D eigenvalue weighted by atomic mass is 9.50. The van der Waals surface area contributed by atoms with E-state index >= 15 is 0 Å². The fourth-order valence-electron chi connectivity index (χ4n) is 6.60. The van der Waals surface area contributed by atoms with Gasteiger partial charge in [0.2, 0.25) is 0 Å². The number of ketones is 1. The minimum atomic E-state index is -0.0327. The number of carbonyl (C=O) groups excluding carboxylic acids is 1. The van der Waals surface area contributed by atoms with E-state index in [1.54, 1.807) is 0 Å². The van der Waals surface area contributed by atoms with Crippen molar-refractivity contribution in [2.75, 3.05) is 0 Å². The van der Waals surface area contributed by atoms with E-state index < -0.39 is 0 Å². The van der Waals surface area contributed by atoms with Crippen molar-refractivity contribution >= 4 is 5.78 Å². The molecule has 0 aliphatic heterocycles. The summed E-state index contributed by atoms with van der Waals surface area (Å²) in [5.74, 6) is 4.56. The second kappa shape index (κ2) is 4.56. The van der Waals surface area contributed by atoms with Gasteiger partial charge >= 0.3 is 0 Å². The molecule has 0 spiro atoms. The van der Waals surface area contributed by atoms with Crippen molar-refractivity contribution in [1.82, 2.24) is 0 Å². The van der Waals surface area contributed by atoms with Crippen LogP contribution in [0.4, 0.5) is 0 Å². The minimum absolute atomic E-state index is 0.0299. The Morgan fingerprint density at radius 1 is 1.00 bits per heavy atom. The van der Waals surface area contributed by atoms with E-state index in [1.165, 1.54) is 25.7 Å². The van der Waals surface area contributed by atoms with Crippen molar-refractivity contribution in [2.24, 2.45) is 35.0 Å². The topological polar surface area (TPSA) is 37.3 Å². The molecule has 4 rings (SSSR count). The summed E-state index contributed by atoms with van der Waals surface area (Å²) in [6, 6.07) is 0. The lowest BCUT2D eigenvalue weighted by Gasteiger charge is -2.54. The Hall–Kier alpha value is -0.370. The van der Waals surface area contributed by atoms with E-state index in [1.807, 2.05) is 0 Å². The van der Waals surface area contributed by atoms with Crippen LogP contribution in [0.2, 0.25) is 0 Å². The van der Waals surface area contributed by atoms with Crippen molar-refractivity contribution in [3.05, 3.63) is 0 Å². The largest absolute Gasteiger partial charge is 0.393 e. The molecule has 4 aliphatic carbocycles. The number of carbonyl (C=O) groups is 1. The third-order valence-corrected chi connectivity index (χ3v) is 7.64. The van der Waals surface area contributed by atoms with Gasteiger partial charge in [-0.3, -0.25) is 4.79 Å². The maximum atomic E-state index is 12.3. The van der Waals surface area contributed by atoms with E-state index in [0.29, 0.717) is 11.7 Å². The molecular weight excluding hydrogens is 248 g/mol. The van der Waals surface area contributed by atoms with Gasteiger partial charge in [0.15, 0.2) is 0 Å². The van der Waals surface area contributed by atoms with Crippen LogP contribution in [-0.2, 0) is 4.79 Å². The van der Waals surface area contributed by atoms with Gasteiger partial charge in [0.1, 0.15) is 5.78 Å². The summed E-state index contributed by atoms with van der Waals surface area (Å²) in [7, 11) is 0. The van der Waals surface area contributed by atoms with Crippen molar-refractivity contribution in [1.29, 1.82) is 0 Å². The van der Waals surface area contributed by atoms with Gasteiger partial charge in [0, 0.05) is 11.8 Å². The van der Waals surface area contributed by atoms with Crippen LogP contribution in [0.25, 0.3) is 0 Å². The molecule has 112 valence electrons. The first-order valence-corrected chi connectivity index (χ1v) is 8.81. The third-order valence-electron chi connectivity index (χ3n) is 7.64. The molecule has 20 heavy (non-hydrogen) atoms. The molecule has 1 N–H and O–H groups in total. The Bertz CT molecular complexity index is 418. The predicted molar refractivity (Wildman–Crippen MR) is 78.1 cm³/mol. The molecule has 0 amide bonds. The smallest absolute Gasteiger partial charge is 0.139 e. The van der Waals surface area contributed by atoms with E-state index in [2.05, 4.69) is 6.92 Å². The second-order valence-corrected chi connectivity index (χ2v) is 8.32. The average Bonchev–Trinajstić information content (AvgIpc) is 2.74. The van der Waals surface area contributed by atoms with Gasteiger partial charge in [-0.05, 0) is 81.0 Å². The first kappa shape index (κ1) is 13.3. The van der Waals surface area contributed by atoms with Crippen LogP contribution in [-0.4, -0.2) is 17.0 Å². The summed E-state index contributed by atoms with van der Waals surface area (Å²) in [5, 5.41) is 9.93. The first-order chi connectivity index (χ1) is 9.59. The van der Waals surface area contributed by atoms with Gasteiger partial charge in [-0.25, -0.2) is 0 Å². The van der Waals surface area contributed by atoms with Crippen LogP contribution < -0.4 is 0 Å². The molecule has 0 heterocycles. The van der Waals surface area contributed by atoms with Crippen LogP contribution >= 0.6 is 0 Å². The Morgan fingerprint density at radius 2 is 1.80 bits per heavy atom. The van der Waals surface area contributed by atoms with Crippen LogP contribution in [0.15, 0.2) is 0 Å². The molecule has 0 saturated heterocycles. The fourth-order valence-corrected chi connectivity index (χ4v) is 6.60. The number of aliphatic hydroxyl groups excluding tert-OH is 1. The second-order valence-electron chi connectivity index (χ2n) is 8.32. The fraction of sp³-hybridized carbons (Fsp3) is 0.944. The standard InChI is InChI=1S/C18H28O2/c1-18-9-8-14-13-5-3-12(19)10-11(13)2-4-15(14)16(18)6-7-17(18)20/h11-16,19H,2-10H2,1H3/t11-,12+,13-,14+,15+,16-,18-/m1/s1. The molecule has 2 heteroatoms. The predicted octanol–water partition coefficient (Wildman–Crippen LogP) is 3.57. The zero-order valence-electron chi connectivity index (χ0n) is 12.7. The molecule has 0 aromatic carbocycles. The van der Waals surface area contributed by atoms with Gasteiger partial charge in [-0.15, -0.1) is 0 Å². The molecule has 4 saturated carbocycles. The summed E-state index contributed by atoms with van der Waals surface area (Å²) in [6.45, 7) is 2.26. The van der Waals surface area contributed by atoms with Crippen molar-refractivity contribution in [2.45, 2.75) is 70.8 Å². The maximum Gasteiger partial charge on any atom is 0.139 e. The van der Waals surface area contributed by atoms with Gasteiger partial charge in [-0.2, -0.15) is 0 Å². The van der Waals surface area contributed by atoms with Gasteiger partial charge < -0.3 is 5.11 Å². The number of fused-ring (bicyclic) bond motifs is 5. The van der Waals surface area contributed by atoms with Crippen LogP contribution in [0.1, 0.15) is 64.7 Å². The highest BCUT2D eigenvalue weighted by molar-refractivity contribution is 5.87. The van der Waals surface area contributed by atoms with Crippen LogP contribution in [0.3, 0.4) is 0 Å². The van der Waals surface area contributed by atoms with Crippen molar-refractivity contribution < 1.29 is 9.90 Å². The molecule has 0 aromatic heterocycles. The average molecular weight is 276 g/mol. The number of hydrogen-bond acceptors (Lipinski definition) is 2. The third kappa shape index (κ3) is 1.76. The summed E-state index contributed by atoms with van der Waals surface area (Å²) >= 11 is 0. The Morgan fingerprint density at radius 3 is 2.65 bits per heavy atom. The molecule has 2 nitrogen and oxygen atoms in total. The quantitative estimate of drug-likeness (QED) is 0.734. The van der Waals surface area contributed by atoms with Crippen molar-refractivity contribution in [3.63, 3.8) is 0 Å². The monoisotopic (exact) mass is 276 g/mol. The highest BCUT2D eigenvalue weighted by Crippen LogP contribution is 2.61. The van der Waals surface area contributed by atoms with E-state index in [-0.39, 0.29) is 11.5 Å². The first-order valence-electron chi connectivity index (χ1n) is 8.81. The normalized spacial score (nSPS) is 55.0. The lowest BCUT2D eigenvalue weighted by molar-refractivity contribution is -0.133. The number of aliphatic hydroxyl groups is 1. The number of rotatable bonds is 0. The molecule has 7 atom stereocenters. The molecular formula is C18H28O2. The number of Topliss-reactive ketones (excluding diaryl/α,β-unsaturated/α-hetero) is 1. The van der Waals surface area contributed by atoms with Gasteiger partial charge in [0.05, 0.1) is 6.10 Å².